The molecule has 7 heteroatoms. The van der Waals surface area contributed by atoms with E-state index in [4.69, 9.17) is 0 Å². The molecule has 0 saturated heterocycles. The van der Waals surface area contributed by atoms with Crippen LogP contribution in [-0.2, 0) is 17.8 Å². The number of nitrogens with zero attached hydrogens (tertiary/aromatic N) is 3. The molecule has 2 aromatic carbocycles. The quantitative estimate of drug-likeness (QED) is 0.531. The van der Waals surface area contributed by atoms with E-state index in [-0.39, 0.29) is 24.4 Å². The fourth-order valence-corrected chi connectivity index (χ4v) is 4.01. The van der Waals surface area contributed by atoms with E-state index >= 15 is 0 Å². The first-order valence-electron chi connectivity index (χ1n) is 9.33. The molecular weight excluding hydrogens is 384 g/mol. The van der Waals surface area contributed by atoms with Crippen LogP contribution in [0.15, 0.2) is 65.8 Å². The van der Waals surface area contributed by atoms with Gasteiger partial charge in [0.1, 0.15) is 0 Å². The Balaban J connectivity index is 1.38. The van der Waals surface area contributed by atoms with Gasteiger partial charge >= 0.3 is 0 Å². The molecule has 0 saturated carbocycles. The summed E-state index contributed by atoms with van der Waals surface area (Å²) in [7, 11) is 0. The molecule has 1 N–H and O–H groups in total. The third kappa shape index (κ3) is 4.41. The highest BCUT2D eigenvalue weighted by Crippen LogP contribution is 2.21. The Morgan fingerprint density at radius 1 is 1.10 bits per heavy atom. The molecule has 2 aromatic heterocycles. The topological polar surface area (TPSA) is 76.9 Å². The highest BCUT2D eigenvalue weighted by atomic mass is 32.1. The van der Waals surface area contributed by atoms with Gasteiger partial charge in [-0.05, 0) is 24.1 Å². The van der Waals surface area contributed by atoms with Crippen LogP contribution < -0.4 is 10.9 Å². The number of hydrogen-bond acceptors (Lipinski definition) is 5. The lowest BCUT2D eigenvalue weighted by atomic mass is 10.1. The van der Waals surface area contributed by atoms with E-state index in [0.717, 1.165) is 16.9 Å². The molecule has 0 radical (unpaired) electrons. The van der Waals surface area contributed by atoms with Gasteiger partial charge in [0.2, 0.25) is 5.91 Å². The molecule has 4 rings (SSSR count). The number of benzene rings is 2. The van der Waals surface area contributed by atoms with Crippen LogP contribution in [0, 0.1) is 6.92 Å². The second-order valence-electron chi connectivity index (χ2n) is 6.81. The lowest BCUT2D eigenvalue weighted by molar-refractivity contribution is -0.116. The number of nitrogens with one attached hydrogen (secondary N) is 1. The number of aryl methyl sites for hydroxylation is 2. The van der Waals surface area contributed by atoms with Crippen LogP contribution in [0.5, 0.6) is 0 Å². The third-order valence-electron chi connectivity index (χ3n) is 4.66. The van der Waals surface area contributed by atoms with Crippen LogP contribution in [0.1, 0.15) is 22.4 Å². The van der Waals surface area contributed by atoms with Gasteiger partial charge in [-0.15, -0.1) is 11.3 Å². The largest absolute Gasteiger partial charge is 0.302 e. The van der Waals surface area contributed by atoms with Gasteiger partial charge in [-0.2, -0.15) is 0 Å². The fourth-order valence-electron chi connectivity index (χ4n) is 3.14. The summed E-state index contributed by atoms with van der Waals surface area (Å²) in [5.74, 6) is -0.179. The highest BCUT2D eigenvalue weighted by Gasteiger charge is 2.10. The summed E-state index contributed by atoms with van der Waals surface area (Å²) in [5.41, 5.74) is 2.73. The number of carbonyl (C=O) groups excluding carboxylic acids is 1. The van der Waals surface area contributed by atoms with Crippen molar-refractivity contribution >= 4 is 33.3 Å². The van der Waals surface area contributed by atoms with Crippen LogP contribution in [0.2, 0.25) is 0 Å². The van der Waals surface area contributed by atoms with Crippen LogP contribution in [0.3, 0.4) is 0 Å². The SMILES string of the molecule is Cc1cccc2c(=O)n(CCC(=O)Nc3ncc(Cc4ccccc4)s3)cnc12. The molecular formula is C22H20N4O2S. The minimum atomic E-state index is -0.179. The fraction of sp³-hybridized carbons (Fsp3) is 0.182. The monoisotopic (exact) mass is 404 g/mol. The Bertz CT molecular complexity index is 1210. The Kier molecular flexibility index (Phi) is 5.48. The molecule has 0 unspecified atom stereocenters. The van der Waals surface area contributed by atoms with E-state index in [0.29, 0.717) is 16.0 Å². The summed E-state index contributed by atoms with van der Waals surface area (Å²) in [4.78, 5) is 34.6. The molecule has 0 spiro atoms. The van der Waals surface area contributed by atoms with Crippen molar-refractivity contribution in [3.63, 3.8) is 0 Å². The number of thiazole rings is 1. The van der Waals surface area contributed by atoms with Crippen molar-refractivity contribution in [2.75, 3.05) is 5.32 Å². The summed E-state index contributed by atoms with van der Waals surface area (Å²) in [6.07, 6.45) is 4.25. The molecule has 146 valence electrons. The predicted octanol–water partition coefficient (Wildman–Crippen LogP) is 3.78. The average molecular weight is 404 g/mol. The van der Waals surface area contributed by atoms with Crippen molar-refractivity contribution in [3.05, 3.63) is 87.4 Å². The Morgan fingerprint density at radius 3 is 2.76 bits per heavy atom. The summed E-state index contributed by atoms with van der Waals surface area (Å²) < 4.78 is 1.48. The number of aromatic nitrogens is 3. The van der Waals surface area contributed by atoms with E-state index in [2.05, 4.69) is 27.4 Å². The predicted molar refractivity (Wildman–Crippen MR) is 115 cm³/mol. The maximum atomic E-state index is 12.6. The molecule has 0 aliphatic carbocycles. The first-order chi connectivity index (χ1) is 14.1. The standard InChI is InChI=1S/C22H20N4O2S/c1-15-6-5-9-18-20(15)24-14-26(21(18)28)11-10-19(27)25-22-23-13-17(29-22)12-16-7-3-2-4-8-16/h2-9,13-14H,10-12H2,1H3,(H,23,25,27). The van der Waals surface area contributed by atoms with Crippen LogP contribution in [-0.4, -0.2) is 20.4 Å². The molecule has 2 heterocycles. The Morgan fingerprint density at radius 2 is 1.93 bits per heavy atom. The van der Waals surface area contributed by atoms with Gasteiger partial charge in [0.25, 0.3) is 5.56 Å². The average Bonchev–Trinajstić information content (AvgIpc) is 3.15. The molecule has 0 atom stereocenters. The highest BCUT2D eigenvalue weighted by molar-refractivity contribution is 7.15. The summed E-state index contributed by atoms with van der Waals surface area (Å²) in [6, 6.07) is 15.6. The lowest BCUT2D eigenvalue weighted by Crippen LogP contribution is -2.23. The van der Waals surface area contributed by atoms with E-state index in [1.165, 1.54) is 27.8 Å². The van der Waals surface area contributed by atoms with Crippen molar-refractivity contribution in [2.24, 2.45) is 0 Å². The summed E-state index contributed by atoms with van der Waals surface area (Å²) in [6.45, 7) is 2.19. The number of rotatable bonds is 6. The van der Waals surface area contributed by atoms with Gasteiger partial charge < -0.3 is 5.32 Å². The summed E-state index contributed by atoms with van der Waals surface area (Å²) in [5, 5.41) is 3.95. The smallest absolute Gasteiger partial charge is 0.261 e. The Hall–Kier alpha value is -3.32. The van der Waals surface area contributed by atoms with E-state index in [1.807, 2.05) is 37.3 Å². The van der Waals surface area contributed by atoms with Gasteiger partial charge in [-0.3, -0.25) is 14.2 Å². The molecule has 6 nitrogen and oxygen atoms in total. The molecule has 0 bridgehead atoms. The van der Waals surface area contributed by atoms with Gasteiger partial charge in [-0.1, -0.05) is 42.5 Å². The first-order valence-corrected chi connectivity index (χ1v) is 10.1. The van der Waals surface area contributed by atoms with Crippen molar-refractivity contribution in [1.82, 2.24) is 14.5 Å². The zero-order valence-corrected chi connectivity index (χ0v) is 16.8. The van der Waals surface area contributed by atoms with E-state index in [9.17, 15) is 9.59 Å². The molecule has 1 amide bonds. The molecule has 0 fully saturated rings. The van der Waals surface area contributed by atoms with E-state index < -0.39 is 0 Å². The number of hydrogen-bond donors (Lipinski definition) is 1. The van der Waals surface area contributed by atoms with E-state index in [1.54, 1.807) is 12.3 Å². The zero-order chi connectivity index (χ0) is 20.2. The number of amides is 1. The second-order valence-corrected chi connectivity index (χ2v) is 7.92. The van der Waals surface area contributed by atoms with Crippen LogP contribution in [0.25, 0.3) is 10.9 Å². The van der Waals surface area contributed by atoms with Crippen molar-refractivity contribution in [3.8, 4) is 0 Å². The maximum absolute atomic E-state index is 12.6. The van der Waals surface area contributed by atoms with Crippen molar-refractivity contribution in [2.45, 2.75) is 26.3 Å². The van der Waals surface area contributed by atoms with Crippen molar-refractivity contribution < 1.29 is 4.79 Å². The molecule has 0 aliphatic heterocycles. The normalized spacial score (nSPS) is 10.9. The first kappa shape index (κ1) is 19.0. The lowest BCUT2D eigenvalue weighted by Gasteiger charge is -2.07. The molecule has 0 aliphatic rings. The second kappa shape index (κ2) is 8.36. The number of carbonyl (C=O) groups is 1. The minimum Gasteiger partial charge on any atom is -0.302 e. The number of para-hydroxylation sites is 1. The maximum Gasteiger partial charge on any atom is 0.261 e. The molecule has 29 heavy (non-hydrogen) atoms. The van der Waals surface area contributed by atoms with Gasteiger partial charge in [0, 0.05) is 30.5 Å². The van der Waals surface area contributed by atoms with Gasteiger partial charge in [0.05, 0.1) is 17.2 Å². The van der Waals surface area contributed by atoms with Crippen LogP contribution >= 0.6 is 11.3 Å². The minimum absolute atomic E-state index is 0.133. The Labute approximate surface area is 171 Å². The number of fused-ring (bicyclic) bond motifs is 1. The number of anilines is 1. The van der Waals surface area contributed by atoms with Gasteiger partial charge in [0.15, 0.2) is 5.13 Å². The third-order valence-corrected chi connectivity index (χ3v) is 5.57. The molecule has 4 aromatic rings. The zero-order valence-electron chi connectivity index (χ0n) is 16.0. The van der Waals surface area contributed by atoms with Crippen molar-refractivity contribution in [1.29, 1.82) is 0 Å². The summed E-state index contributed by atoms with van der Waals surface area (Å²) >= 11 is 1.46. The van der Waals surface area contributed by atoms with Crippen LogP contribution in [0.4, 0.5) is 5.13 Å². The van der Waals surface area contributed by atoms with Gasteiger partial charge in [-0.25, -0.2) is 9.97 Å².